The van der Waals surface area contributed by atoms with E-state index in [1.807, 2.05) is 19.9 Å². The van der Waals surface area contributed by atoms with Crippen LogP contribution in [0.5, 0.6) is 0 Å². The molecule has 9 heteroatoms. The molecule has 2 aliphatic rings. The molecule has 29 heavy (non-hydrogen) atoms. The van der Waals surface area contributed by atoms with Crippen LogP contribution < -0.4 is 5.32 Å². The van der Waals surface area contributed by atoms with E-state index in [0.29, 0.717) is 31.4 Å². The largest absolute Gasteiger partial charge is 0.337 e. The van der Waals surface area contributed by atoms with E-state index in [4.69, 9.17) is 0 Å². The highest BCUT2D eigenvalue weighted by Crippen LogP contribution is 2.32. The number of carbonyl (C=O) groups is 3. The van der Waals surface area contributed by atoms with Crippen molar-refractivity contribution >= 4 is 27.7 Å². The molecule has 3 rings (SSSR count). The van der Waals surface area contributed by atoms with Gasteiger partial charge in [0.05, 0.1) is 11.5 Å². The Bertz CT molecular complexity index is 902. The zero-order valence-electron chi connectivity index (χ0n) is 16.8. The van der Waals surface area contributed by atoms with E-state index in [2.05, 4.69) is 5.32 Å². The number of hydrogen-bond donors (Lipinski definition) is 1. The molecular formula is C20H27N3O5S. The maximum atomic E-state index is 13.2. The number of urea groups is 1. The number of nitrogens with zero attached hydrogens (tertiary/aromatic N) is 2. The quantitative estimate of drug-likeness (QED) is 0.668. The highest BCUT2D eigenvalue weighted by molar-refractivity contribution is 7.91. The van der Waals surface area contributed by atoms with Crippen LogP contribution in [-0.2, 0) is 25.0 Å². The molecule has 2 saturated heterocycles. The third kappa shape index (κ3) is 4.01. The van der Waals surface area contributed by atoms with E-state index in [-0.39, 0.29) is 11.5 Å². The Morgan fingerprint density at radius 1 is 1.24 bits per heavy atom. The fraction of sp³-hybridized carbons (Fsp3) is 0.550. The van der Waals surface area contributed by atoms with Gasteiger partial charge in [-0.2, -0.15) is 0 Å². The number of benzene rings is 1. The second-order valence-corrected chi connectivity index (χ2v) is 9.82. The molecular weight excluding hydrogens is 394 g/mol. The molecule has 0 saturated carbocycles. The van der Waals surface area contributed by atoms with Crippen molar-refractivity contribution in [3.05, 3.63) is 35.9 Å². The first-order valence-corrected chi connectivity index (χ1v) is 11.8. The van der Waals surface area contributed by atoms with Crippen molar-refractivity contribution in [1.29, 1.82) is 0 Å². The van der Waals surface area contributed by atoms with Gasteiger partial charge in [0.15, 0.2) is 9.84 Å². The second-order valence-electron chi connectivity index (χ2n) is 7.59. The van der Waals surface area contributed by atoms with Crippen LogP contribution in [-0.4, -0.2) is 66.7 Å². The molecule has 0 bridgehead atoms. The predicted octanol–water partition coefficient (Wildman–Crippen LogP) is 1.27. The number of sulfone groups is 1. The Labute approximate surface area is 171 Å². The van der Waals surface area contributed by atoms with Crippen LogP contribution in [0.3, 0.4) is 0 Å². The first-order valence-electron chi connectivity index (χ1n) is 9.93. The summed E-state index contributed by atoms with van der Waals surface area (Å²) in [5, 5.41) is 2.76. The van der Waals surface area contributed by atoms with Gasteiger partial charge >= 0.3 is 6.03 Å². The van der Waals surface area contributed by atoms with Gasteiger partial charge in [-0.05, 0) is 24.8 Å². The van der Waals surface area contributed by atoms with Gasteiger partial charge in [0, 0.05) is 12.6 Å². The van der Waals surface area contributed by atoms with Crippen molar-refractivity contribution in [2.24, 2.45) is 0 Å². The summed E-state index contributed by atoms with van der Waals surface area (Å²) in [6.07, 6.45) is 1.40. The second kappa shape index (κ2) is 8.14. The van der Waals surface area contributed by atoms with E-state index < -0.39 is 45.8 Å². The van der Waals surface area contributed by atoms with Gasteiger partial charge in [0.2, 0.25) is 5.91 Å². The number of imide groups is 1. The Morgan fingerprint density at radius 2 is 1.93 bits per heavy atom. The number of nitrogens with one attached hydrogen (secondary N) is 1. The van der Waals surface area contributed by atoms with Gasteiger partial charge in [-0.15, -0.1) is 0 Å². The number of amides is 4. The van der Waals surface area contributed by atoms with Crippen LogP contribution in [0.25, 0.3) is 0 Å². The molecule has 1 N–H and O–H groups in total. The summed E-state index contributed by atoms with van der Waals surface area (Å²) < 4.78 is 23.7. The zero-order valence-corrected chi connectivity index (χ0v) is 17.6. The van der Waals surface area contributed by atoms with Gasteiger partial charge in [0.25, 0.3) is 5.91 Å². The van der Waals surface area contributed by atoms with E-state index in [1.165, 1.54) is 4.90 Å². The van der Waals surface area contributed by atoms with Crippen molar-refractivity contribution < 1.29 is 22.8 Å². The molecule has 2 unspecified atom stereocenters. The van der Waals surface area contributed by atoms with Crippen LogP contribution in [0.4, 0.5) is 4.79 Å². The SMILES string of the molecule is CCCN(C(=O)CN1C(=O)NC(CC)(c2ccccc2)C1=O)C1CCS(=O)(=O)C1. The van der Waals surface area contributed by atoms with E-state index >= 15 is 0 Å². The smallest absolute Gasteiger partial charge is 0.325 e. The fourth-order valence-corrected chi connectivity index (χ4v) is 5.86. The van der Waals surface area contributed by atoms with Crippen LogP contribution in [0, 0.1) is 0 Å². The van der Waals surface area contributed by atoms with Crippen molar-refractivity contribution in [3.8, 4) is 0 Å². The number of carbonyl (C=O) groups excluding carboxylic acids is 3. The van der Waals surface area contributed by atoms with E-state index in [9.17, 15) is 22.8 Å². The van der Waals surface area contributed by atoms with Crippen LogP contribution >= 0.6 is 0 Å². The summed E-state index contributed by atoms with van der Waals surface area (Å²) in [5.41, 5.74) is -0.520. The maximum Gasteiger partial charge on any atom is 0.325 e. The predicted molar refractivity (Wildman–Crippen MR) is 108 cm³/mol. The lowest BCUT2D eigenvalue weighted by atomic mass is 9.87. The average molecular weight is 422 g/mol. The zero-order chi connectivity index (χ0) is 21.2. The minimum absolute atomic E-state index is 0.0568. The van der Waals surface area contributed by atoms with Crippen LogP contribution in [0.2, 0.25) is 0 Å². The standard InChI is InChI=1S/C20H27N3O5S/c1-3-11-22(16-10-12-29(27,28)14-16)17(24)13-23-18(25)20(4-2,21-19(23)26)15-8-6-5-7-9-15/h5-9,16H,3-4,10-14H2,1-2H3,(H,21,26). The van der Waals surface area contributed by atoms with Gasteiger partial charge in [0.1, 0.15) is 12.1 Å². The summed E-state index contributed by atoms with van der Waals surface area (Å²) in [7, 11) is -3.15. The molecule has 0 spiro atoms. The minimum Gasteiger partial charge on any atom is -0.337 e. The summed E-state index contributed by atoms with van der Waals surface area (Å²) in [6, 6.07) is 7.96. The molecule has 1 aromatic rings. The van der Waals surface area contributed by atoms with Gasteiger partial charge < -0.3 is 10.2 Å². The maximum absolute atomic E-state index is 13.2. The monoisotopic (exact) mass is 421 g/mol. The highest BCUT2D eigenvalue weighted by Gasteiger charge is 2.52. The summed E-state index contributed by atoms with van der Waals surface area (Å²) in [4.78, 5) is 41.2. The molecule has 8 nitrogen and oxygen atoms in total. The minimum atomic E-state index is -3.15. The summed E-state index contributed by atoms with van der Waals surface area (Å²) in [5.74, 6) is -0.874. The van der Waals surface area contributed by atoms with Crippen molar-refractivity contribution in [2.45, 2.75) is 44.7 Å². The number of rotatable bonds is 7. The topological polar surface area (TPSA) is 104 Å². The molecule has 0 aromatic heterocycles. The Balaban J connectivity index is 1.80. The van der Waals surface area contributed by atoms with Gasteiger partial charge in [-0.1, -0.05) is 44.2 Å². The molecule has 4 amide bonds. The van der Waals surface area contributed by atoms with E-state index in [0.717, 1.165) is 4.90 Å². The summed E-state index contributed by atoms with van der Waals surface area (Å²) in [6.45, 7) is 3.70. The molecule has 0 radical (unpaired) electrons. The van der Waals surface area contributed by atoms with Crippen molar-refractivity contribution in [1.82, 2.24) is 15.1 Å². The molecule has 0 aliphatic carbocycles. The van der Waals surface area contributed by atoms with Crippen LogP contribution in [0.15, 0.2) is 30.3 Å². The number of hydrogen-bond acceptors (Lipinski definition) is 5. The molecule has 2 aliphatic heterocycles. The van der Waals surface area contributed by atoms with Crippen LogP contribution in [0.1, 0.15) is 38.7 Å². The highest BCUT2D eigenvalue weighted by atomic mass is 32.2. The van der Waals surface area contributed by atoms with Crippen molar-refractivity contribution in [3.63, 3.8) is 0 Å². The molecule has 1 aromatic carbocycles. The van der Waals surface area contributed by atoms with Crippen molar-refractivity contribution in [2.75, 3.05) is 24.6 Å². The first-order chi connectivity index (χ1) is 13.7. The lowest BCUT2D eigenvalue weighted by molar-refractivity contribution is -0.140. The van der Waals surface area contributed by atoms with Gasteiger partial charge in [-0.3, -0.25) is 14.5 Å². The Morgan fingerprint density at radius 3 is 2.48 bits per heavy atom. The normalized spacial score (nSPS) is 25.9. The lowest BCUT2D eigenvalue weighted by Gasteiger charge is -2.30. The molecule has 2 heterocycles. The fourth-order valence-electron chi connectivity index (χ4n) is 4.13. The molecule has 2 fully saturated rings. The molecule has 158 valence electrons. The third-order valence-electron chi connectivity index (χ3n) is 5.70. The Kier molecular flexibility index (Phi) is 5.97. The summed E-state index contributed by atoms with van der Waals surface area (Å²) >= 11 is 0. The molecule has 2 atom stereocenters. The lowest BCUT2D eigenvalue weighted by Crippen LogP contribution is -2.48. The Hall–Kier alpha value is -2.42. The van der Waals surface area contributed by atoms with Gasteiger partial charge in [-0.25, -0.2) is 13.2 Å². The van der Waals surface area contributed by atoms with E-state index in [1.54, 1.807) is 24.3 Å². The third-order valence-corrected chi connectivity index (χ3v) is 7.45. The first kappa shape index (κ1) is 21.3. The average Bonchev–Trinajstić information content (AvgIpc) is 3.18.